The summed E-state index contributed by atoms with van der Waals surface area (Å²) in [5, 5.41) is 2.52. The Labute approximate surface area is 200 Å². The van der Waals surface area contributed by atoms with Crippen LogP contribution in [0.15, 0.2) is 93.2 Å². The summed E-state index contributed by atoms with van der Waals surface area (Å²) in [6.07, 6.45) is 2.07. The van der Waals surface area contributed by atoms with Gasteiger partial charge in [-0.15, -0.1) is 11.8 Å². The van der Waals surface area contributed by atoms with Crippen LogP contribution in [-0.4, -0.2) is 18.3 Å². The molecule has 5 aromatic rings. The average Bonchev–Trinajstić information content (AvgIpc) is 3.23. The van der Waals surface area contributed by atoms with Gasteiger partial charge in [0, 0.05) is 32.4 Å². The maximum Gasteiger partial charge on any atom is 0.210 e. The molecule has 0 aliphatic rings. The van der Waals surface area contributed by atoms with E-state index >= 15 is 0 Å². The number of methoxy groups -OCH3 is 1. The van der Waals surface area contributed by atoms with E-state index in [0.717, 1.165) is 54.7 Å². The average molecular weight is 471 g/mol. The Morgan fingerprint density at radius 1 is 0.939 bits per heavy atom. The molecular formula is C27H22N2O2S2. The number of ether oxygens (including phenoxy) is 1. The molecule has 33 heavy (non-hydrogen) atoms. The van der Waals surface area contributed by atoms with E-state index in [1.807, 2.05) is 54.6 Å². The monoisotopic (exact) mass is 470 g/mol. The molecular weight excluding hydrogens is 448 g/mol. The Balaban J connectivity index is 1.62. The van der Waals surface area contributed by atoms with Crippen molar-refractivity contribution in [1.82, 2.24) is 4.98 Å². The van der Waals surface area contributed by atoms with Crippen molar-refractivity contribution in [3.05, 3.63) is 89.1 Å². The SMILES string of the molecule is COc1ccc(-c2nc(N=c3cc(-c4ccc(SC)cc4)oc4ccccc34)sc2C)cc1. The van der Waals surface area contributed by atoms with Crippen molar-refractivity contribution in [3.8, 4) is 28.3 Å². The molecule has 0 spiro atoms. The lowest BCUT2D eigenvalue weighted by Gasteiger charge is -2.05. The van der Waals surface area contributed by atoms with Crippen LogP contribution < -0.4 is 10.1 Å². The Morgan fingerprint density at radius 2 is 1.67 bits per heavy atom. The van der Waals surface area contributed by atoms with Crippen LogP contribution in [0.5, 0.6) is 5.75 Å². The summed E-state index contributed by atoms with van der Waals surface area (Å²) in [5.41, 5.74) is 3.81. The van der Waals surface area contributed by atoms with Crippen LogP contribution in [0.1, 0.15) is 4.88 Å². The van der Waals surface area contributed by atoms with E-state index in [2.05, 4.69) is 37.4 Å². The summed E-state index contributed by atoms with van der Waals surface area (Å²) in [7, 11) is 1.67. The van der Waals surface area contributed by atoms with Gasteiger partial charge in [-0.25, -0.2) is 9.98 Å². The van der Waals surface area contributed by atoms with Gasteiger partial charge >= 0.3 is 0 Å². The van der Waals surface area contributed by atoms with Crippen molar-refractivity contribution in [3.63, 3.8) is 0 Å². The third-order valence-corrected chi connectivity index (χ3v) is 7.00. The van der Waals surface area contributed by atoms with Crippen LogP contribution in [-0.2, 0) is 0 Å². The predicted octanol–water partition coefficient (Wildman–Crippen LogP) is 7.49. The standard InChI is InChI=1S/C27H22N2O2S2/c1-17-26(19-8-12-20(30-2)13-9-19)29-27(33-17)28-23-16-25(18-10-14-21(32-3)15-11-18)31-24-7-5-4-6-22(23)24/h4-16H,1-3H3. The van der Waals surface area contributed by atoms with Gasteiger partial charge in [0.25, 0.3) is 0 Å². The van der Waals surface area contributed by atoms with E-state index in [1.165, 1.54) is 4.90 Å². The van der Waals surface area contributed by atoms with Gasteiger partial charge in [0.05, 0.1) is 18.2 Å². The molecule has 0 bridgehead atoms. The molecule has 0 fully saturated rings. The van der Waals surface area contributed by atoms with Crippen LogP contribution in [0.3, 0.4) is 0 Å². The van der Waals surface area contributed by atoms with Gasteiger partial charge in [0.15, 0.2) is 0 Å². The molecule has 0 unspecified atom stereocenters. The normalized spacial score (nSPS) is 11.8. The molecule has 0 amide bonds. The van der Waals surface area contributed by atoms with Gasteiger partial charge in [-0.3, -0.25) is 0 Å². The lowest BCUT2D eigenvalue weighted by Crippen LogP contribution is -2.02. The maximum atomic E-state index is 6.22. The number of fused-ring (bicyclic) bond motifs is 1. The molecule has 6 heteroatoms. The summed E-state index contributed by atoms with van der Waals surface area (Å²) in [5.74, 6) is 1.61. The lowest BCUT2D eigenvalue weighted by atomic mass is 10.1. The number of aryl methyl sites for hydroxylation is 1. The van der Waals surface area contributed by atoms with E-state index in [4.69, 9.17) is 19.1 Å². The van der Waals surface area contributed by atoms with Crippen LogP contribution in [0.25, 0.3) is 33.6 Å². The van der Waals surface area contributed by atoms with Crippen molar-refractivity contribution >= 4 is 39.2 Å². The van der Waals surface area contributed by atoms with Gasteiger partial charge in [-0.1, -0.05) is 35.6 Å². The smallest absolute Gasteiger partial charge is 0.210 e. The predicted molar refractivity (Wildman–Crippen MR) is 137 cm³/mol. The van der Waals surface area contributed by atoms with Crippen LogP contribution in [0.2, 0.25) is 0 Å². The van der Waals surface area contributed by atoms with Crippen molar-refractivity contribution in [2.45, 2.75) is 11.8 Å². The van der Waals surface area contributed by atoms with Gasteiger partial charge in [0.1, 0.15) is 17.1 Å². The lowest BCUT2D eigenvalue weighted by molar-refractivity contribution is 0.415. The second kappa shape index (κ2) is 9.25. The van der Waals surface area contributed by atoms with Crippen LogP contribution in [0.4, 0.5) is 5.13 Å². The number of rotatable bonds is 5. The number of para-hydroxylation sites is 1. The minimum Gasteiger partial charge on any atom is -0.497 e. The van der Waals surface area contributed by atoms with Crippen molar-refractivity contribution in [1.29, 1.82) is 0 Å². The number of hydrogen-bond donors (Lipinski definition) is 0. The highest BCUT2D eigenvalue weighted by Crippen LogP contribution is 2.33. The first-order chi connectivity index (χ1) is 16.1. The summed E-state index contributed by atoms with van der Waals surface area (Å²) < 4.78 is 11.5. The fourth-order valence-electron chi connectivity index (χ4n) is 3.66. The van der Waals surface area contributed by atoms with E-state index in [0.29, 0.717) is 0 Å². The molecule has 164 valence electrons. The summed E-state index contributed by atoms with van der Waals surface area (Å²) in [4.78, 5) is 12.1. The van der Waals surface area contributed by atoms with E-state index < -0.39 is 0 Å². The summed E-state index contributed by atoms with van der Waals surface area (Å²) in [6, 6.07) is 26.3. The molecule has 0 N–H and O–H groups in total. The largest absolute Gasteiger partial charge is 0.497 e. The van der Waals surface area contributed by atoms with Gasteiger partial charge in [0.2, 0.25) is 5.13 Å². The van der Waals surface area contributed by atoms with Gasteiger partial charge in [-0.2, -0.15) is 0 Å². The highest BCUT2D eigenvalue weighted by Gasteiger charge is 2.11. The first kappa shape index (κ1) is 21.5. The van der Waals surface area contributed by atoms with Crippen LogP contribution in [0, 0.1) is 6.92 Å². The number of thioether (sulfide) groups is 1. The highest BCUT2D eigenvalue weighted by molar-refractivity contribution is 7.98. The Hall–Kier alpha value is -3.35. The number of hydrogen-bond acceptors (Lipinski definition) is 6. The number of nitrogens with zero attached hydrogens (tertiary/aromatic N) is 2. The van der Waals surface area contributed by atoms with Crippen molar-refractivity contribution in [2.24, 2.45) is 4.99 Å². The maximum absolute atomic E-state index is 6.22. The number of aromatic nitrogens is 1. The van der Waals surface area contributed by atoms with E-state index in [1.54, 1.807) is 30.2 Å². The third-order valence-electron chi connectivity index (χ3n) is 5.39. The second-order valence-electron chi connectivity index (χ2n) is 7.46. The topological polar surface area (TPSA) is 47.6 Å². The number of benzene rings is 3. The number of thiazole rings is 1. The van der Waals surface area contributed by atoms with Crippen molar-refractivity contribution < 1.29 is 9.15 Å². The van der Waals surface area contributed by atoms with E-state index in [-0.39, 0.29) is 0 Å². The minimum absolute atomic E-state index is 0.721. The van der Waals surface area contributed by atoms with Gasteiger partial charge in [-0.05, 0) is 61.7 Å². The summed E-state index contributed by atoms with van der Waals surface area (Å²) >= 11 is 3.31. The summed E-state index contributed by atoms with van der Waals surface area (Å²) in [6.45, 7) is 2.08. The zero-order valence-corrected chi connectivity index (χ0v) is 20.2. The highest BCUT2D eigenvalue weighted by atomic mass is 32.2. The fraction of sp³-hybridized carbons (Fsp3) is 0.111. The second-order valence-corrected chi connectivity index (χ2v) is 9.52. The molecule has 2 heterocycles. The minimum atomic E-state index is 0.721. The quantitative estimate of drug-likeness (QED) is 0.250. The molecule has 0 aliphatic heterocycles. The zero-order chi connectivity index (χ0) is 22.8. The van der Waals surface area contributed by atoms with Crippen molar-refractivity contribution in [2.75, 3.05) is 13.4 Å². The molecule has 0 saturated heterocycles. The Kier molecular flexibility index (Phi) is 6.03. The zero-order valence-electron chi connectivity index (χ0n) is 18.5. The Bertz CT molecular complexity index is 1480. The fourth-order valence-corrected chi connectivity index (χ4v) is 4.88. The first-order valence-electron chi connectivity index (χ1n) is 10.5. The molecule has 3 aromatic carbocycles. The van der Waals surface area contributed by atoms with Crippen LogP contribution >= 0.6 is 23.1 Å². The molecule has 0 atom stereocenters. The molecule has 4 nitrogen and oxygen atoms in total. The first-order valence-corrected chi connectivity index (χ1v) is 12.5. The van der Waals surface area contributed by atoms with E-state index in [9.17, 15) is 0 Å². The molecule has 5 rings (SSSR count). The molecule has 2 aromatic heterocycles. The Morgan fingerprint density at radius 3 is 2.39 bits per heavy atom. The molecule has 0 radical (unpaired) electrons. The molecule has 0 saturated carbocycles. The third kappa shape index (κ3) is 4.45. The molecule has 0 aliphatic carbocycles. The van der Waals surface area contributed by atoms with Gasteiger partial charge < -0.3 is 9.15 Å².